The van der Waals surface area contributed by atoms with E-state index < -0.39 is 0 Å². The highest BCUT2D eigenvalue weighted by atomic mass is 19.1. The van der Waals surface area contributed by atoms with Crippen molar-refractivity contribution in [3.8, 4) is 5.75 Å². The van der Waals surface area contributed by atoms with Gasteiger partial charge in [-0.05, 0) is 38.9 Å². The molecule has 4 heteroatoms. The molecule has 0 amide bonds. The van der Waals surface area contributed by atoms with Gasteiger partial charge in [-0.3, -0.25) is 4.90 Å². The zero-order valence-electron chi connectivity index (χ0n) is 12.4. The van der Waals surface area contributed by atoms with E-state index in [0.717, 1.165) is 19.6 Å². The van der Waals surface area contributed by atoms with Gasteiger partial charge in [0.1, 0.15) is 11.6 Å². The van der Waals surface area contributed by atoms with E-state index in [-0.39, 0.29) is 17.6 Å². The fourth-order valence-corrected chi connectivity index (χ4v) is 2.98. The van der Waals surface area contributed by atoms with Gasteiger partial charge < -0.3 is 10.4 Å². The molecule has 2 unspecified atom stereocenters. The van der Waals surface area contributed by atoms with E-state index in [0.29, 0.717) is 11.6 Å². The predicted octanol–water partition coefficient (Wildman–Crippen LogP) is 3.06. The van der Waals surface area contributed by atoms with Crippen LogP contribution in [0.3, 0.4) is 0 Å². The van der Waals surface area contributed by atoms with E-state index in [1.165, 1.54) is 25.3 Å². The largest absolute Gasteiger partial charge is 0.508 e. The molecule has 0 saturated carbocycles. The van der Waals surface area contributed by atoms with Crippen LogP contribution in [0.25, 0.3) is 0 Å². The van der Waals surface area contributed by atoms with E-state index in [1.54, 1.807) is 12.1 Å². The Hall–Kier alpha value is -1.13. The second-order valence-corrected chi connectivity index (χ2v) is 5.62. The van der Waals surface area contributed by atoms with Crippen LogP contribution in [0.2, 0.25) is 0 Å². The van der Waals surface area contributed by atoms with Gasteiger partial charge in [-0.1, -0.05) is 19.4 Å². The minimum absolute atomic E-state index is 0.0179. The van der Waals surface area contributed by atoms with Gasteiger partial charge >= 0.3 is 0 Å². The van der Waals surface area contributed by atoms with Crippen LogP contribution in [0.5, 0.6) is 5.75 Å². The Kier molecular flexibility index (Phi) is 5.38. The Morgan fingerprint density at radius 2 is 2.25 bits per heavy atom. The highest BCUT2D eigenvalue weighted by Gasteiger charge is 2.22. The molecule has 1 heterocycles. The summed E-state index contributed by atoms with van der Waals surface area (Å²) in [5, 5.41) is 12.9. The summed E-state index contributed by atoms with van der Waals surface area (Å²) in [5.74, 6) is -0.344. The van der Waals surface area contributed by atoms with Gasteiger partial charge in [-0.25, -0.2) is 4.39 Å². The van der Waals surface area contributed by atoms with Gasteiger partial charge in [0.05, 0.1) is 0 Å². The summed E-state index contributed by atoms with van der Waals surface area (Å²) in [6.07, 6.45) is 3.73. The first-order valence-electron chi connectivity index (χ1n) is 7.57. The maximum Gasteiger partial charge on any atom is 0.131 e. The predicted molar refractivity (Wildman–Crippen MR) is 79.4 cm³/mol. The third-order valence-electron chi connectivity index (χ3n) is 4.26. The Morgan fingerprint density at radius 3 is 2.85 bits per heavy atom. The van der Waals surface area contributed by atoms with Crippen LogP contribution in [0.4, 0.5) is 4.39 Å². The lowest BCUT2D eigenvalue weighted by Gasteiger charge is -2.34. The standard InChI is InChI=1S/C16H25FN2O/c1-3-19(11-13-6-4-5-9-18-13)12(2)15-8-7-14(20)10-16(15)17/h7-8,10,12-13,18,20H,3-6,9,11H2,1-2H3. The van der Waals surface area contributed by atoms with Crippen LogP contribution < -0.4 is 5.32 Å². The number of phenolic OH excluding ortho intramolecular Hbond substituents is 1. The number of hydrogen-bond donors (Lipinski definition) is 2. The summed E-state index contributed by atoms with van der Waals surface area (Å²) in [4.78, 5) is 2.29. The molecule has 1 aromatic rings. The lowest BCUT2D eigenvalue weighted by Crippen LogP contribution is -2.44. The third kappa shape index (κ3) is 3.70. The highest BCUT2D eigenvalue weighted by molar-refractivity contribution is 5.29. The molecule has 2 atom stereocenters. The SMILES string of the molecule is CCN(CC1CCCCN1)C(C)c1ccc(O)cc1F. The number of likely N-dealkylation sites (N-methyl/N-ethyl adjacent to an activating group) is 1. The van der Waals surface area contributed by atoms with Gasteiger partial charge in [-0.15, -0.1) is 0 Å². The third-order valence-corrected chi connectivity index (χ3v) is 4.26. The van der Waals surface area contributed by atoms with Crippen LogP contribution in [0.15, 0.2) is 18.2 Å². The van der Waals surface area contributed by atoms with Crippen LogP contribution in [0, 0.1) is 5.82 Å². The van der Waals surface area contributed by atoms with Crippen molar-refractivity contribution < 1.29 is 9.50 Å². The molecule has 0 aromatic heterocycles. The van der Waals surface area contributed by atoms with Crippen molar-refractivity contribution in [2.45, 2.75) is 45.2 Å². The van der Waals surface area contributed by atoms with E-state index in [9.17, 15) is 9.50 Å². The fourth-order valence-electron chi connectivity index (χ4n) is 2.98. The minimum atomic E-state index is -0.326. The number of benzene rings is 1. The topological polar surface area (TPSA) is 35.5 Å². The first-order valence-corrected chi connectivity index (χ1v) is 7.57. The summed E-state index contributed by atoms with van der Waals surface area (Å²) in [6, 6.07) is 4.96. The molecule has 2 rings (SSSR count). The second kappa shape index (κ2) is 7.04. The van der Waals surface area contributed by atoms with E-state index in [1.807, 2.05) is 6.92 Å². The number of piperidine rings is 1. The second-order valence-electron chi connectivity index (χ2n) is 5.62. The number of rotatable bonds is 5. The monoisotopic (exact) mass is 280 g/mol. The molecule has 112 valence electrons. The molecule has 1 aliphatic rings. The van der Waals surface area contributed by atoms with E-state index in [2.05, 4.69) is 17.1 Å². The van der Waals surface area contributed by atoms with Gasteiger partial charge in [-0.2, -0.15) is 0 Å². The van der Waals surface area contributed by atoms with Crippen molar-refractivity contribution in [2.75, 3.05) is 19.6 Å². The van der Waals surface area contributed by atoms with Gasteiger partial charge in [0.25, 0.3) is 0 Å². The molecule has 0 bridgehead atoms. The van der Waals surface area contributed by atoms with Crippen molar-refractivity contribution in [1.29, 1.82) is 0 Å². The summed E-state index contributed by atoms with van der Waals surface area (Å²) in [5.41, 5.74) is 0.653. The number of phenols is 1. The Morgan fingerprint density at radius 1 is 1.45 bits per heavy atom. The van der Waals surface area contributed by atoms with Crippen LogP contribution in [0.1, 0.15) is 44.7 Å². The Bertz CT molecular complexity index is 432. The highest BCUT2D eigenvalue weighted by Crippen LogP contribution is 2.26. The lowest BCUT2D eigenvalue weighted by atomic mass is 10.0. The van der Waals surface area contributed by atoms with Crippen molar-refractivity contribution in [3.63, 3.8) is 0 Å². The molecular formula is C16H25FN2O. The van der Waals surface area contributed by atoms with Gasteiger partial charge in [0, 0.05) is 30.3 Å². The molecule has 3 nitrogen and oxygen atoms in total. The zero-order valence-corrected chi connectivity index (χ0v) is 12.4. The maximum atomic E-state index is 14.0. The molecular weight excluding hydrogens is 255 g/mol. The average molecular weight is 280 g/mol. The number of nitrogens with zero attached hydrogens (tertiary/aromatic N) is 1. The Balaban J connectivity index is 2.05. The van der Waals surface area contributed by atoms with Crippen LogP contribution in [-0.4, -0.2) is 35.7 Å². The molecule has 1 saturated heterocycles. The summed E-state index contributed by atoms with van der Waals surface area (Å²) < 4.78 is 14.0. The number of nitrogens with one attached hydrogen (secondary N) is 1. The zero-order chi connectivity index (χ0) is 14.5. The molecule has 0 aliphatic carbocycles. The van der Waals surface area contributed by atoms with Crippen molar-refractivity contribution in [2.24, 2.45) is 0 Å². The molecule has 20 heavy (non-hydrogen) atoms. The van der Waals surface area contributed by atoms with Gasteiger partial charge in [0.15, 0.2) is 0 Å². The molecule has 0 spiro atoms. The lowest BCUT2D eigenvalue weighted by molar-refractivity contribution is 0.181. The summed E-state index contributed by atoms with van der Waals surface area (Å²) in [6.45, 7) is 7.06. The first-order chi connectivity index (χ1) is 9.61. The quantitative estimate of drug-likeness (QED) is 0.870. The molecule has 1 fully saturated rings. The maximum absolute atomic E-state index is 14.0. The summed E-state index contributed by atoms with van der Waals surface area (Å²) >= 11 is 0. The molecule has 2 N–H and O–H groups in total. The van der Waals surface area contributed by atoms with Crippen molar-refractivity contribution >= 4 is 0 Å². The number of aromatic hydroxyl groups is 1. The summed E-state index contributed by atoms with van der Waals surface area (Å²) in [7, 11) is 0. The molecule has 0 radical (unpaired) electrons. The van der Waals surface area contributed by atoms with Crippen LogP contribution in [-0.2, 0) is 0 Å². The van der Waals surface area contributed by atoms with Crippen molar-refractivity contribution in [1.82, 2.24) is 10.2 Å². The van der Waals surface area contributed by atoms with Crippen molar-refractivity contribution in [3.05, 3.63) is 29.6 Å². The Labute approximate surface area is 120 Å². The fraction of sp³-hybridized carbons (Fsp3) is 0.625. The smallest absolute Gasteiger partial charge is 0.131 e. The normalized spacial score (nSPS) is 21.1. The van der Waals surface area contributed by atoms with E-state index >= 15 is 0 Å². The molecule has 1 aromatic carbocycles. The minimum Gasteiger partial charge on any atom is -0.508 e. The number of halogens is 1. The average Bonchev–Trinajstić information content (AvgIpc) is 2.45. The van der Waals surface area contributed by atoms with Gasteiger partial charge in [0.2, 0.25) is 0 Å². The van der Waals surface area contributed by atoms with Crippen LogP contribution >= 0.6 is 0 Å². The number of hydrogen-bond acceptors (Lipinski definition) is 3. The first kappa shape index (κ1) is 15.3. The molecule has 1 aliphatic heterocycles. The van der Waals surface area contributed by atoms with E-state index in [4.69, 9.17) is 0 Å².